The van der Waals surface area contributed by atoms with Crippen LogP contribution < -0.4 is 5.32 Å². The third-order valence-electron chi connectivity index (χ3n) is 3.19. The van der Waals surface area contributed by atoms with E-state index in [1.807, 2.05) is 42.5 Å². The van der Waals surface area contributed by atoms with Crippen molar-refractivity contribution < 1.29 is 5.11 Å². The van der Waals surface area contributed by atoms with Crippen LogP contribution in [0.25, 0.3) is 0 Å². The normalized spacial score (nSPS) is 12.1. The first-order valence-corrected chi connectivity index (χ1v) is 6.88. The summed E-state index contributed by atoms with van der Waals surface area (Å²) in [5.74, 6) is 0. The van der Waals surface area contributed by atoms with E-state index < -0.39 is 6.23 Å². The molecule has 0 spiro atoms. The number of hydrogen-bond donors (Lipinski definition) is 2. The van der Waals surface area contributed by atoms with Crippen molar-refractivity contribution in [2.24, 2.45) is 0 Å². The third-order valence-corrected chi connectivity index (χ3v) is 3.19. The Morgan fingerprint density at radius 2 is 1.68 bits per heavy atom. The predicted octanol–water partition coefficient (Wildman–Crippen LogP) is 4.13. The fourth-order valence-corrected chi connectivity index (χ4v) is 2.02. The monoisotopic (exact) mass is 255 g/mol. The number of benzene rings is 2. The molecule has 0 saturated carbocycles. The van der Waals surface area contributed by atoms with Crippen LogP contribution in [-0.2, 0) is 6.42 Å². The van der Waals surface area contributed by atoms with E-state index in [9.17, 15) is 5.11 Å². The van der Waals surface area contributed by atoms with Crippen LogP contribution in [0.5, 0.6) is 0 Å². The molecule has 0 fully saturated rings. The van der Waals surface area contributed by atoms with Crippen molar-refractivity contribution in [3.8, 4) is 0 Å². The average molecular weight is 255 g/mol. The van der Waals surface area contributed by atoms with Gasteiger partial charge in [-0.2, -0.15) is 0 Å². The van der Waals surface area contributed by atoms with Crippen LogP contribution in [-0.4, -0.2) is 5.11 Å². The molecular weight excluding hydrogens is 234 g/mol. The van der Waals surface area contributed by atoms with E-state index in [-0.39, 0.29) is 0 Å². The number of anilines is 1. The van der Waals surface area contributed by atoms with Crippen molar-refractivity contribution in [2.45, 2.75) is 32.4 Å². The van der Waals surface area contributed by atoms with Crippen molar-refractivity contribution in [1.82, 2.24) is 0 Å². The van der Waals surface area contributed by atoms with Gasteiger partial charge in [0.1, 0.15) is 0 Å². The largest absolute Gasteiger partial charge is 0.369 e. The highest BCUT2D eigenvalue weighted by Crippen LogP contribution is 2.18. The summed E-state index contributed by atoms with van der Waals surface area (Å²) in [5.41, 5.74) is 3.15. The van der Waals surface area contributed by atoms with Crippen LogP contribution in [0.4, 0.5) is 5.69 Å². The molecule has 0 aliphatic heterocycles. The summed E-state index contributed by atoms with van der Waals surface area (Å²) >= 11 is 0. The predicted molar refractivity (Wildman–Crippen MR) is 80.1 cm³/mol. The lowest BCUT2D eigenvalue weighted by Gasteiger charge is -2.15. The van der Waals surface area contributed by atoms with E-state index in [0.29, 0.717) is 0 Å². The molecule has 0 aromatic heterocycles. The Labute approximate surface area is 115 Å². The molecular formula is C17H21NO. The minimum Gasteiger partial charge on any atom is -0.369 e. The molecule has 100 valence electrons. The van der Waals surface area contributed by atoms with E-state index in [1.54, 1.807) is 0 Å². The van der Waals surface area contributed by atoms with Crippen molar-refractivity contribution in [1.29, 1.82) is 0 Å². The standard InChI is InChI=1S/C17H21NO/c1-2-3-7-14-10-12-15(13-11-14)17(19)18-16-8-5-4-6-9-16/h4-6,8-13,17-19H,2-3,7H2,1H3. The highest BCUT2D eigenvalue weighted by molar-refractivity contribution is 5.44. The van der Waals surface area contributed by atoms with Crippen LogP contribution in [0.2, 0.25) is 0 Å². The van der Waals surface area contributed by atoms with Crippen LogP contribution in [0.1, 0.15) is 37.1 Å². The number of nitrogens with one attached hydrogen (secondary N) is 1. The summed E-state index contributed by atoms with van der Waals surface area (Å²) in [6.07, 6.45) is 2.87. The fourth-order valence-electron chi connectivity index (χ4n) is 2.02. The zero-order valence-corrected chi connectivity index (χ0v) is 11.3. The molecule has 1 unspecified atom stereocenters. The van der Waals surface area contributed by atoms with Gasteiger partial charge in [0.2, 0.25) is 0 Å². The zero-order chi connectivity index (χ0) is 13.5. The molecule has 2 N–H and O–H groups in total. The molecule has 0 heterocycles. The first kappa shape index (κ1) is 13.6. The van der Waals surface area contributed by atoms with Crippen molar-refractivity contribution in [3.05, 3.63) is 65.7 Å². The number of para-hydroxylation sites is 1. The zero-order valence-electron chi connectivity index (χ0n) is 11.3. The van der Waals surface area contributed by atoms with Crippen molar-refractivity contribution in [3.63, 3.8) is 0 Å². The minimum absolute atomic E-state index is 0.664. The van der Waals surface area contributed by atoms with Gasteiger partial charge in [0.15, 0.2) is 6.23 Å². The molecule has 19 heavy (non-hydrogen) atoms. The molecule has 2 aromatic rings. The molecule has 0 amide bonds. The van der Waals surface area contributed by atoms with Gasteiger partial charge < -0.3 is 10.4 Å². The maximum absolute atomic E-state index is 10.1. The highest BCUT2D eigenvalue weighted by Gasteiger charge is 2.06. The van der Waals surface area contributed by atoms with Gasteiger partial charge in [0.05, 0.1) is 0 Å². The van der Waals surface area contributed by atoms with E-state index in [2.05, 4.69) is 24.4 Å². The van der Waals surface area contributed by atoms with E-state index >= 15 is 0 Å². The Hall–Kier alpha value is -1.80. The minimum atomic E-state index is -0.664. The topological polar surface area (TPSA) is 32.3 Å². The van der Waals surface area contributed by atoms with Crippen LogP contribution in [0.3, 0.4) is 0 Å². The number of aliphatic hydroxyl groups is 1. The van der Waals surface area contributed by atoms with Gasteiger partial charge in [-0.05, 0) is 30.5 Å². The summed E-state index contributed by atoms with van der Waals surface area (Å²) in [6.45, 7) is 2.20. The maximum atomic E-state index is 10.1. The molecule has 0 bridgehead atoms. The fraction of sp³-hybridized carbons (Fsp3) is 0.294. The molecule has 1 atom stereocenters. The van der Waals surface area contributed by atoms with Gasteiger partial charge >= 0.3 is 0 Å². The lowest BCUT2D eigenvalue weighted by molar-refractivity contribution is 0.208. The summed E-state index contributed by atoms with van der Waals surface area (Å²) in [6, 6.07) is 17.9. The molecule has 0 aliphatic rings. The average Bonchev–Trinajstić information content (AvgIpc) is 2.46. The number of aliphatic hydroxyl groups excluding tert-OH is 1. The molecule has 0 aliphatic carbocycles. The van der Waals surface area contributed by atoms with Gasteiger partial charge in [-0.15, -0.1) is 0 Å². The smallest absolute Gasteiger partial charge is 0.150 e. The van der Waals surface area contributed by atoms with Gasteiger partial charge in [-0.25, -0.2) is 0 Å². The molecule has 0 saturated heterocycles. The number of unbranched alkanes of at least 4 members (excludes halogenated alkanes) is 1. The van der Waals surface area contributed by atoms with Gasteiger partial charge in [0.25, 0.3) is 0 Å². The molecule has 2 nitrogen and oxygen atoms in total. The first-order valence-electron chi connectivity index (χ1n) is 6.88. The molecule has 0 radical (unpaired) electrons. The third kappa shape index (κ3) is 4.11. The Balaban J connectivity index is 1.97. The lowest BCUT2D eigenvalue weighted by Crippen LogP contribution is -2.09. The Morgan fingerprint density at radius 3 is 2.32 bits per heavy atom. The number of hydrogen-bond acceptors (Lipinski definition) is 2. The molecule has 2 heteroatoms. The summed E-state index contributed by atoms with van der Waals surface area (Å²) in [5, 5.41) is 13.2. The summed E-state index contributed by atoms with van der Waals surface area (Å²) < 4.78 is 0. The number of aryl methyl sites for hydroxylation is 1. The van der Waals surface area contributed by atoms with Crippen LogP contribution in [0.15, 0.2) is 54.6 Å². The molecule has 2 aromatic carbocycles. The van der Waals surface area contributed by atoms with E-state index in [1.165, 1.54) is 18.4 Å². The van der Waals surface area contributed by atoms with Gasteiger partial charge in [0, 0.05) is 11.3 Å². The summed E-state index contributed by atoms with van der Waals surface area (Å²) in [7, 11) is 0. The second kappa shape index (κ2) is 6.95. The maximum Gasteiger partial charge on any atom is 0.150 e. The van der Waals surface area contributed by atoms with E-state index in [4.69, 9.17) is 0 Å². The Morgan fingerprint density at radius 1 is 1.00 bits per heavy atom. The second-order valence-corrected chi connectivity index (χ2v) is 4.76. The molecule has 2 rings (SSSR count). The van der Waals surface area contributed by atoms with E-state index in [0.717, 1.165) is 17.7 Å². The van der Waals surface area contributed by atoms with Crippen LogP contribution >= 0.6 is 0 Å². The Kier molecular flexibility index (Phi) is 4.99. The highest BCUT2D eigenvalue weighted by atomic mass is 16.3. The van der Waals surface area contributed by atoms with Gasteiger partial charge in [-0.3, -0.25) is 0 Å². The summed E-state index contributed by atoms with van der Waals surface area (Å²) in [4.78, 5) is 0. The van der Waals surface area contributed by atoms with Crippen molar-refractivity contribution in [2.75, 3.05) is 5.32 Å². The van der Waals surface area contributed by atoms with Crippen LogP contribution in [0, 0.1) is 0 Å². The first-order chi connectivity index (χ1) is 9.29. The second-order valence-electron chi connectivity index (χ2n) is 4.76. The van der Waals surface area contributed by atoms with Gasteiger partial charge in [-0.1, -0.05) is 55.8 Å². The quantitative estimate of drug-likeness (QED) is 0.761. The number of rotatable bonds is 6. The SMILES string of the molecule is CCCCc1ccc(C(O)Nc2ccccc2)cc1. The van der Waals surface area contributed by atoms with Crippen molar-refractivity contribution >= 4 is 5.69 Å². The Bertz CT molecular complexity index is 478. The lowest BCUT2D eigenvalue weighted by atomic mass is 10.1.